The van der Waals surface area contributed by atoms with Gasteiger partial charge in [-0.3, -0.25) is 4.98 Å². The molecular formula is C10H11KN2O3. The van der Waals surface area contributed by atoms with E-state index in [1.165, 1.54) is 6.40 Å². The van der Waals surface area contributed by atoms with E-state index in [9.17, 15) is 4.79 Å². The number of hydrogen-bond acceptors (Lipinski definition) is 5. The molecule has 0 aromatic carbocycles. The van der Waals surface area contributed by atoms with Gasteiger partial charge in [-0.2, -0.15) is 7.11 Å². The number of rotatable bonds is 2. The third-order valence-corrected chi connectivity index (χ3v) is 1.92. The van der Waals surface area contributed by atoms with Gasteiger partial charge in [0.1, 0.15) is 12.3 Å². The Morgan fingerprint density at radius 2 is 2.00 bits per heavy atom. The molecule has 0 spiro atoms. The molecule has 0 saturated carbocycles. The van der Waals surface area contributed by atoms with Crippen molar-refractivity contribution in [1.29, 1.82) is 0 Å². The second kappa shape index (κ2) is 8.97. The maximum Gasteiger partial charge on any atom is 1.00 e. The fourth-order valence-corrected chi connectivity index (χ4v) is 1.27. The SMILES string of the molecule is C[O-].O=CC1N=COC1c1ccncc1.[K+]. The second-order valence-electron chi connectivity index (χ2n) is 2.72. The molecule has 1 aliphatic rings. The average molecular weight is 246 g/mol. The zero-order chi connectivity index (χ0) is 11.1. The van der Waals surface area contributed by atoms with Crippen molar-refractivity contribution in [3.63, 3.8) is 0 Å². The maximum absolute atomic E-state index is 10.6. The Labute approximate surface area is 136 Å². The Hall–Kier alpha value is -0.114. The number of nitrogens with zero attached hydrogens (tertiary/aromatic N) is 2. The van der Waals surface area contributed by atoms with Crippen LogP contribution in [0.1, 0.15) is 11.7 Å². The van der Waals surface area contributed by atoms with Crippen LogP contribution in [0.4, 0.5) is 0 Å². The monoisotopic (exact) mass is 246 g/mol. The average Bonchev–Trinajstić information content (AvgIpc) is 2.81. The molecule has 2 atom stereocenters. The molecule has 2 heterocycles. The number of ether oxygens (including phenoxy) is 1. The number of carbonyl (C=O) groups is 1. The van der Waals surface area contributed by atoms with Gasteiger partial charge in [0.25, 0.3) is 0 Å². The quantitative estimate of drug-likeness (QED) is 0.405. The van der Waals surface area contributed by atoms with Crippen molar-refractivity contribution < 1.29 is 66.0 Å². The van der Waals surface area contributed by atoms with Crippen LogP contribution in [0.3, 0.4) is 0 Å². The third kappa shape index (κ3) is 4.04. The van der Waals surface area contributed by atoms with Gasteiger partial charge >= 0.3 is 51.4 Å². The van der Waals surface area contributed by atoms with E-state index in [1.807, 2.05) is 12.1 Å². The zero-order valence-corrected chi connectivity index (χ0v) is 12.4. The summed E-state index contributed by atoms with van der Waals surface area (Å²) in [5, 5.41) is 8.25. The molecule has 80 valence electrons. The molecule has 16 heavy (non-hydrogen) atoms. The second-order valence-corrected chi connectivity index (χ2v) is 2.72. The van der Waals surface area contributed by atoms with Crippen LogP contribution in [0, 0.1) is 0 Å². The van der Waals surface area contributed by atoms with Crippen molar-refractivity contribution in [3.8, 4) is 0 Å². The van der Waals surface area contributed by atoms with Gasteiger partial charge in [0, 0.05) is 12.4 Å². The molecule has 0 aliphatic carbocycles. The molecule has 1 aromatic heterocycles. The largest absolute Gasteiger partial charge is 1.00 e. The number of aldehydes is 1. The standard InChI is InChI=1S/C9H8N2O2.CH3O.K/c12-5-8-9(13-6-11-8)7-1-3-10-4-2-7;1-2;/h1-6,8-9H;1H3;/q;-1;+1. The molecule has 1 aromatic rings. The first-order valence-corrected chi connectivity index (χ1v) is 4.35. The molecule has 0 N–H and O–H groups in total. The summed E-state index contributed by atoms with van der Waals surface area (Å²) in [5.41, 5.74) is 0.921. The van der Waals surface area contributed by atoms with Gasteiger partial charge in [-0.05, 0) is 17.7 Å². The first-order chi connectivity index (χ1) is 7.42. The number of aliphatic imine (C=N–C) groups is 1. The van der Waals surface area contributed by atoms with Crippen molar-refractivity contribution in [3.05, 3.63) is 30.1 Å². The molecule has 0 fully saturated rings. The predicted molar refractivity (Wildman–Crippen MR) is 52.3 cm³/mol. The van der Waals surface area contributed by atoms with Crippen molar-refractivity contribution in [2.45, 2.75) is 12.1 Å². The van der Waals surface area contributed by atoms with E-state index < -0.39 is 6.04 Å². The first-order valence-electron chi connectivity index (χ1n) is 4.35. The Morgan fingerprint density at radius 3 is 2.56 bits per heavy atom. The van der Waals surface area contributed by atoms with E-state index in [0.29, 0.717) is 0 Å². The van der Waals surface area contributed by atoms with E-state index in [2.05, 4.69) is 9.98 Å². The summed E-state index contributed by atoms with van der Waals surface area (Å²) in [5.74, 6) is 0. The van der Waals surface area contributed by atoms with Gasteiger partial charge in [-0.1, -0.05) is 0 Å². The normalized spacial score (nSPS) is 21.1. The molecular weight excluding hydrogens is 235 g/mol. The molecule has 2 unspecified atom stereocenters. The number of hydrogen-bond donors (Lipinski definition) is 0. The summed E-state index contributed by atoms with van der Waals surface area (Å²) in [6.07, 6.45) is 5.16. The van der Waals surface area contributed by atoms with Gasteiger partial charge in [0.2, 0.25) is 0 Å². The van der Waals surface area contributed by atoms with Gasteiger partial charge in [0.05, 0.1) is 0 Å². The zero-order valence-electron chi connectivity index (χ0n) is 9.24. The van der Waals surface area contributed by atoms with Crippen LogP contribution < -0.4 is 56.5 Å². The minimum absolute atomic E-state index is 0. The molecule has 2 rings (SSSR count). The van der Waals surface area contributed by atoms with Gasteiger partial charge in [-0.25, -0.2) is 4.99 Å². The van der Waals surface area contributed by atoms with Crippen molar-refractivity contribution >= 4 is 12.7 Å². The minimum atomic E-state index is -0.414. The van der Waals surface area contributed by atoms with Crippen molar-refractivity contribution in [2.75, 3.05) is 7.11 Å². The van der Waals surface area contributed by atoms with Gasteiger partial charge in [0.15, 0.2) is 12.5 Å². The van der Waals surface area contributed by atoms with E-state index >= 15 is 0 Å². The van der Waals surface area contributed by atoms with Crippen LogP contribution in [-0.2, 0) is 9.53 Å². The summed E-state index contributed by atoms with van der Waals surface area (Å²) in [4.78, 5) is 18.3. The van der Waals surface area contributed by atoms with Gasteiger partial charge < -0.3 is 14.6 Å². The topological polar surface area (TPSA) is 74.6 Å². The van der Waals surface area contributed by atoms with Crippen LogP contribution in [0.25, 0.3) is 0 Å². The summed E-state index contributed by atoms with van der Waals surface area (Å²) in [6, 6.07) is 3.22. The van der Waals surface area contributed by atoms with Crippen LogP contribution >= 0.6 is 0 Å². The molecule has 5 nitrogen and oxygen atoms in total. The molecule has 6 heteroatoms. The van der Waals surface area contributed by atoms with Gasteiger partial charge in [-0.15, -0.1) is 0 Å². The summed E-state index contributed by atoms with van der Waals surface area (Å²) in [7, 11) is 0.750. The van der Waals surface area contributed by atoms with E-state index in [0.717, 1.165) is 19.0 Å². The summed E-state index contributed by atoms with van der Waals surface area (Å²) in [6.45, 7) is 0. The number of carbonyl (C=O) groups excluding carboxylic acids is 1. The van der Waals surface area contributed by atoms with E-state index in [4.69, 9.17) is 9.84 Å². The molecule has 0 saturated heterocycles. The predicted octanol–water partition coefficient (Wildman–Crippen LogP) is -3.27. The van der Waals surface area contributed by atoms with Crippen LogP contribution in [-0.4, -0.2) is 30.8 Å². The van der Waals surface area contributed by atoms with E-state index in [-0.39, 0.29) is 57.5 Å². The maximum atomic E-state index is 10.6. The summed E-state index contributed by atoms with van der Waals surface area (Å²) < 4.78 is 5.19. The fraction of sp³-hybridized carbons (Fsp3) is 0.300. The molecule has 1 aliphatic heterocycles. The Kier molecular flexibility index (Phi) is 8.91. The van der Waals surface area contributed by atoms with E-state index in [1.54, 1.807) is 12.4 Å². The fourth-order valence-electron chi connectivity index (χ4n) is 1.27. The molecule has 0 amide bonds. The smallest absolute Gasteiger partial charge is 0.857 e. The molecule has 0 bridgehead atoms. The number of aromatic nitrogens is 1. The van der Waals surface area contributed by atoms with Crippen LogP contribution in [0.2, 0.25) is 0 Å². The summed E-state index contributed by atoms with van der Waals surface area (Å²) >= 11 is 0. The van der Waals surface area contributed by atoms with Crippen LogP contribution in [0.15, 0.2) is 29.5 Å². The third-order valence-electron chi connectivity index (χ3n) is 1.92. The molecule has 0 radical (unpaired) electrons. The number of pyridine rings is 1. The van der Waals surface area contributed by atoms with Crippen LogP contribution in [0.5, 0.6) is 0 Å². The Morgan fingerprint density at radius 1 is 1.38 bits per heavy atom. The first kappa shape index (κ1) is 15.9. The minimum Gasteiger partial charge on any atom is -0.857 e. The van der Waals surface area contributed by atoms with Crippen molar-refractivity contribution in [1.82, 2.24) is 4.98 Å². The Balaban J connectivity index is 0.000000711. The Bertz CT molecular complexity index is 332. The van der Waals surface area contributed by atoms with Crippen molar-refractivity contribution in [2.24, 2.45) is 4.99 Å².